The molecule has 0 spiro atoms. The molecule has 0 aliphatic heterocycles. The molecule has 0 saturated heterocycles. The monoisotopic (exact) mass is 414 g/mol. The van der Waals surface area contributed by atoms with E-state index >= 15 is 0 Å². The fourth-order valence-electron chi connectivity index (χ4n) is 7.00. The van der Waals surface area contributed by atoms with Gasteiger partial charge in [0, 0.05) is 11.3 Å². The average molecular weight is 414 g/mol. The van der Waals surface area contributed by atoms with Crippen molar-refractivity contribution in [2.75, 3.05) is 0 Å². The number of allylic oxidation sites excluding steroid dienone is 6. The molecule has 0 bridgehead atoms. The van der Waals surface area contributed by atoms with Gasteiger partial charge in [-0.05, 0) is 67.9 Å². The van der Waals surface area contributed by atoms with E-state index in [1.165, 1.54) is 5.57 Å². The zero-order chi connectivity index (χ0) is 22.1. The molecule has 6 heteroatoms. The number of carbonyl (C=O) groups excluding carboxylic acids is 2. The summed E-state index contributed by atoms with van der Waals surface area (Å²) in [4.78, 5) is 36.0. The number of carboxylic acid groups (broad SMARTS) is 1. The molecule has 2 fully saturated rings. The van der Waals surface area contributed by atoms with Crippen molar-refractivity contribution < 1.29 is 29.7 Å². The highest BCUT2D eigenvalue weighted by Crippen LogP contribution is 2.65. The number of rotatable bonds is 4. The maximum atomic E-state index is 13.1. The van der Waals surface area contributed by atoms with Crippen LogP contribution in [0.15, 0.2) is 35.5 Å². The van der Waals surface area contributed by atoms with Gasteiger partial charge in [0.05, 0.1) is 0 Å². The Hall–Kier alpha value is -2.05. The molecule has 4 aliphatic rings. The van der Waals surface area contributed by atoms with E-state index in [9.17, 15) is 24.6 Å². The molecular weight excluding hydrogens is 384 g/mol. The van der Waals surface area contributed by atoms with Gasteiger partial charge in [0.1, 0.15) is 6.42 Å². The van der Waals surface area contributed by atoms with Gasteiger partial charge in [0.15, 0.2) is 11.6 Å². The summed E-state index contributed by atoms with van der Waals surface area (Å²) in [7, 11) is 0. The van der Waals surface area contributed by atoms with E-state index in [0.29, 0.717) is 6.42 Å². The van der Waals surface area contributed by atoms with Crippen LogP contribution in [0, 0.1) is 34.5 Å². The first-order chi connectivity index (χ1) is 13.9. The van der Waals surface area contributed by atoms with Gasteiger partial charge in [-0.2, -0.15) is 0 Å². The Bertz CT molecular complexity index is 909. The van der Waals surface area contributed by atoms with Crippen LogP contribution in [0.2, 0.25) is 0 Å². The number of hydrogen-bond donors (Lipinski definition) is 3. The van der Waals surface area contributed by atoms with Crippen LogP contribution in [0.3, 0.4) is 0 Å². The molecule has 162 valence electrons. The molecule has 0 aromatic heterocycles. The number of carboxylic acids is 1. The number of aliphatic carboxylic acids is 1. The first kappa shape index (κ1) is 21.2. The van der Waals surface area contributed by atoms with Crippen LogP contribution in [0.1, 0.15) is 52.9 Å². The van der Waals surface area contributed by atoms with Crippen LogP contribution in [0.5, 0.6) is 0 Å². The minimum atomic E-state index is -2.85. The van der Waals surface area contributed by atoms with E-state index in [4.69, 9.17) is 5.11 Å². The number of Topliss-reactive ketones (excluding diaryl/α,β-unsaturated/α-hetero) is 1. The third-order valence-electron chi connectivity index (χ3n) is 8.36. The molecule has 6 atom stereocenters. The number of carbonyl (C=O) groups is 3. The first-order valence-electron chi connectivity index (χ1n) is 10.8. The lowest BCUT2D eigenvalue weighted by atomic mass is 9.52. The van der Waals surface area contributed by atoms with E-state index in [1.807, 2.05) is 19.9 Å². The molecule has 4 aliphatic carbocycles. The van der Waals surface area contributed by atoms with Crippen LogP contribution in [0.4, 0.5) is 0 Å². The highest BCUT2D eigenvalue weighted by atomic mass is 16.5. The lowest BCUT2D eigenvalue weighted by Gasteiger charge is -2.52. The Labute approximate surface area is 176 Å². The van der Waals surface area contributed by atoms with Crippen LogP contribution < -0.4 is 0 Å². The molecule has 30 heavy (non-hydrogen) atoms. The predicted octanol–water partition coefficient (Wildman–Crippen LogP) is 2.80. The van der Waals surface area contributed by atoms with Gasteiger partial charge in [-0.3, -0.25) is 14.4 Å². The molecule has 1 unspecified atom stereocenters. The Morgan fingerprint density at radius 2 is 1.97 bits per heavy atom. The molecule has 0 aromatic rings. The van der Waals surface area contributed by atoms with Crippen molar-refractivity contribution in [3.05, 3.63) is 35.5 Å². The molecule has 0 radical (unpaired) electrons. The predicted molar refractivity (Wildman–Crippen MR) is 109 cm³/mol. The standard InChI is InChI=1S/C24H30O6/c1-13-10-18-16-5-4-14-11-15(25)6-8-22(14,2)17(16)7-9-23(18,3)20(13)21(28)24(29,30)12-19(26)27/h6-8,11,13,16,18,20,29-30H,4-5,9-10,12H2,1-3H3,(H,26,27)/t13?,16-,18+,20-,22+,23+/m1/s1. The highest BCUT2D eigenvalue weighted by Gasteiger charge is 2.61. The van der Waals surface area contributed by atoms with Gasteiger partial charge >= 0.3 is 5.97 Å². The summed E-state index contributed by atoms with van der Waals surface area (Å²) in [5.74, 6) is -5.23. The summed E-state index contributed by atoms with van der Waals surface area (Å²) in [6.45, 7) is 6.16. The third kappa shape index (κ3) is 2.95. The molecule has 0 heterocycles. The molecule has 0 amide bonds. The minimum absolute atomic E-state index is 0.0305. The quantitative estimate of drug-likeness (QED) is 0.482. The van der Waals surface area contributed by atoms with Crippen LogP contribution in [-0.4, -0.2) is 38.6 Å². The number of ketones is 2. The van der Waals surface area contributed by atoms with Crippen molar-refractivity contribution in [3.63, 3.8) is 0 Å². The molecule has 2 saturated carbocycles. The SMILES string of the molecule is CC1C[C@H]2[C@@H]3CCC4=CC(=O)C=C[C@]4(C)C3=CC[C@]2(C)[C@H]1C(=O)C(O)(O)CC(=O)O. The Balaban J connectivity index is 1.70. The van der Waals surface area contributed by atoms with Crippen molar-refractivity contribution in [2.24, 2.45) is 34.5 Å². The van der Waals surface area contributed by atoms with Crippen LogP contribution in [-0.2, 0) is 14.4 Å². The summed E-state index contributed by atoms with van der Waals surface area (Å²) in [6, 6.07) is 0. The van der Waals surface area contributed by atoms with E-state index < -0.39 is 35.3 Å². The summed E-state index contributed by atoms with van der Waals surface area (Å²) >= 11 is 0. The molecule has 0 aromatic carbocycles. The topological polar surface area (TPSA) is 112 Å². The van der Waals surface area contributed by atoms with E-state index in [1.54, 1.807) is 12.2 Å². The lowest BCUT2D eigenvalue weighted by Crippen LogP contribution is -2.51. The van der Waals surface area contributed by atoms with Gasteiger partial charge in [0.25, 0.3) is 0 Å². The Morgan fingerprint density at radius 1 is 1.27 bits per heavy atom. The van der Waals surface area contributed by atoms with E-state index in [2.05, 4.69) is 13.0 Å². The first-order valence-corrected chi connectivity index (χ1v) is 10.8. The zero-order valence-corrected chi connectivity index (χ0v) is 17.7. The smallest absolute Gasteiger partial charge is 0.309 e. The second-order valence-electron chi connectivity index (χ2n) is 10.2. The number of fused-ring (bicyclic) bond motifs is 5. The van der Waals surface area contributed by atoms with Gasteiger partial charge in [-0.15, -0.1) is 0 Å². The second-order valence-corrected chi connectivity index (χ2v) is 10.2. The fraction of sp³-hybridized carbons (Fsp3) is 0.625. The van der Waals surface area contributed by atoms with Crippen molar-refractivity contribution in [2.45, 2.75) is 58.7 Å². The van der Waals surface area contributed by atoms with E-state index in [-0.39, 0.29) is 29.0 Å². The summed E-state index contributed by atoms with van der Waals surface area (Å²) in [6.07, 6.45) is 9.73. The van der Waals surface area contributed by atoms with Gasteiger partial charge in [-0.25, -0.2) is 0 Å². The fourth-order valence-corrected chi connectivity index (χ4v) is 7.00. The van der Waals surface area contributed by atoms with Crippen molar-refractivity contribution in [3.8, 4) is 0 Å². The minimum Gasteiger partial charge on any atom is -0.481 e. The van der Waals surface area contributed by atoms with Crippen molar-refractivity contribution in [1.29, 1.82) is 0 Å². The Kier molecular flexibility index (Phi) is 4.75. The maximum Gasteiger partial charge on any atom is 0.309 e. The van der Waals surface area contributed by atoms with E-state index in [0.717, 1.165) is 24.8 Å². The summed E-state index contributed by atoms with van der Waals surface area (Å²) < 4.78 is 0. The molecule has 4 rings (SSSR count). The summed E-state index contributed by atoms with van der Waals surface area (Å²) in [5.41, 5.74) is 1.72. The van der Waals surface area contributed by atoms with Crippen LogP contribution in [0.25, 0.3) is 0 Å². The van der Waals surface area contributed by atoms with Gasteiger partial charge in [-0.1, -0.05) is 37.1 Å². The maximum absolute atomic E-state index is 13.1. The largest absolute Gasteiger partial charge is 0.481 e. The average Bonchev–Trinajstić information content (AvgIpc) is 2.90. The summed E-state index contributed by atoms with van der Waals surface area (Å²) in [5, 5.41) is 29.5. The van der Waals surface area contributed by atoms with Gasteiger partial charge < -0.3 is 15.3 Å². The molecule has 6 nitrogen and oxygen atoms in total. The molecule has 3 N–H and O–H groups in total. The number of aliphatic hydroxyl groups is 2. The Morgan fingerprint density at radius 3 is 2.63 bits per heavy atom. The van der Waals surface area contributed by atoms with Crippen LogP contribution >= 0.6 is 0 Å². The zero-order valence-electron chi connectivity index (χ0n) is 17.7. The van der Waals surface area contributed by atoms with Crippen molar-refractivity contribution >= 4 is 17.5 Å². The number of hydrogen-bond acceptors (Lipinski definition) is 5. The molecular formula is C24H30O6. The van der Waals surface area contributed by atoms with Gasteiger partial charge in [0.2, 0.25) is 5.79 Å². The normalized spacial score (nSPS) is 40.1. The lowest BCUT2D eigenvalue weighted by molar-refractivity contribution is -0.198. The third-order valence-corrected chi connectivity index (χ3v) is 8.36. The second kappa shape index (κ2) is 6.72. The van der Waals surface area contributed by atoms with Crippen molar-refractivity contribution in [1.82, 2.24) is 0 Å². The highest BCUT2D eigenvalue weighted by molar-refractivity contribution is 6.01.